The molecule has 0 bridgehead atoms. The largest absolute Gasteiger partial charge is 0.506 e. The van der Waals surface area contributed by atoms with E-state index in [1.165, 1.54) is 18.3 Å². The summed E-state index contributed by atoms with van der Waals surface area (Å²) in [6, 6.07) is 8.50. The van der Waals surface area contributed by atoms with Gasteiger partial charge in [0.1, 0.15) is 11.5 Å². The van der Waals surface area contributed by atoms with E-state index < -0.39 is 12.0 Å². The monoisotopic (exact) mass is 380 g/mol. The fourth-order valence-electron chi connectivity index (χ4n) is 1.99. The lowest BCUT2D eigenvalue weighted by Crippen LogP contribution is -2.33. The Labute approximate surface area is 156 Å². The first-order chi connectivity index (χ1) is 11.8. The van der Waals surface area contributed by atoms with Gasteiger partial charge in [-0.25, -0.2) is 5.43 Å². The van der Waals surface area contributed by atoms with E-state index in [0.717, 1.165) is 11.1 Å². The summed E-state index contributed by atoms with van der Waals surface area (Å²) in [4.78, 5) is 12.0. The summed E-state index contributed by atoms with van der Waals surface area (Å²) in [5.41, 5.74) is 4.87. The van der Waals surface area contributed by atoms with E-state index >= 15 is 0 Å². The van der Waals surface area contributed by atoms with Crippen LogP contribution in [0, 0.1) is 13.8 Å². The highest BCUT2D eigenvalue weighted by molar-refractivity contribution is 6.36. The van der Waals surface area contributed by atoms with E-state index in [-0.39, 0.29) is 10.8 Å². The average Bonchev–Trinajstić information content (AvgIpc) is 2.55. The van der Waals surface area contributed by atoms with Gasteiger partial charge < -0.3 is 9.84 Å². The Kier molecular flexibility index (Phi) is 6.28. The number of hydrogen-bond donors (Lipinski definition) is 2. The van der Waals surface area contributed by atoms with Crippen molar-refractivity contribution in [1.29, 1.82) is 0 Å². The third-order valence-electron chi connectivity index (χ3n) is 3.60. The Morgan fingerprint density at radius 3 is 2.64 bits per heavy atom. The van der Waals surface area contributed by atoms with E-state index in [0.29, 0.717) is 16.3 Å². The van der Waals surface area contributed by atoms with Gasteiger partial charge in [-0.3, -0.25) is 4.79 Å². The van der Waals surface area contributed by atoms with Gasteiger partial charge in [0.05, 0.1) is 11.2 Å². The first-order valence-corrected chi connectivity index (χ1v) is 8.28. The average molecular weight is 381 g/mol. The Hall–Kier alpha value is -2.24. The van der Waals surface area contributed by atoms with Crippen LogP contribution in [0.15, 0.2) is 35.4 Å². The number of benzene rings is 2. The minimum Gasteiger partial charge on any atom is -0.506 e. The lowest BCUT2D eigenvalue weighted by molar-refractivity contribution is -0.127. The summed E-state index contributed by atoms with van der Waals surface area (Å²) in [7, 11) is 0. The highest BCUT2D eigenvalue weighted by atomic mass is 35.5. The number of rotatable bonds is 5. The quantitative estimate of drug-likeness (QED) is 0.601. The molecule has 0 aliphatic heterocycles. The van der Waals surface area contributed by atoms with Crippen molar-refractivity contribution in [1.82, 2.24) is 5.43 Å². The number of nitrogens with one attached hydrogen (secondary N) is 1. The van der Waals surface area contributed by atoms with Gasteiger partial charge in [-0.1, -0.05) is 29.3 Å². The molecule has 5 nitrogen and oxygen atoms in total. The maximum absolute atomic E-state index is 12.0. The van der Waals surface area contributed by atoms with Crippen LogP contribution in [0.5, 0.6) is 11.5 Å². The maximum atomic E-state index is 12.0. The molecule has 0 fully saturated rings. The Balaban J connectivity index is 1.98. The number of amides is 1. The van der Waals surface area contributed by atoms with Crippen LogP contribution < -0.4 is 10.2 Å². The number of nitrogens with zero attached hydrogens (tertiary/aromatic N) is 1. The summed E-state index contributed by atoms with van der Waals surface area (Å²) < 4.78 is 5.60. The lowest BCUT2D eigenvalue weighted by Gasteiger charge is -2.14. The number of phenols is 1. The molecule has 1 atom stereocenters. The second kappa shape index (κ2) is 8.23. The zero-order valence-corrected chi connectivity index (χ0v) is 15.5. The van der Waals surface area contributed by atoms with Crippen LogP contribution in [0.2, 0.25) is 10.0 Å². The van der Waals surface area contributed by atoms with E-state index in [1.54, 1.807) is 13.0 Å². The minimum atomic E-state index is -0.740. The highest BCUT2D eigenvalue weighted by Crippen LogP contribution is 2.29. The Morgan fingerprint density at radius 1 is 1.24 bits per heavy atom. The molecule has 0 saturated heterocycles. The predicted molar refractivity (Wildman–Crippen MR) is 99.9 cm³/mol. The molecule has 0 aromatic heterocycles. The minimum absolute atomic E-state index is 0.103. The van der Waals surface area contributed by atoms with E-state index in [1.807, 2.05) is 26.0 Å². The van der Waals surface area contributed by atoms with Gasteiger partial charge in [-0.2, -0.15) is 5.10 Å². The smallest absolute Gasteiger partial charge is 0.280 e. The maximum Gasteiger partial charge on any atom is 0.280 e. The number of aromatic hydroxyl groups is 1. The summed E-state index contributed by atoms with van der Waals surface area (Å²) >= 11 is 11.7. The molecule has 0 radical (unpaired) electrons. The second-order valence-corrected chi connectivity index (χ2v) is 6.41. The first kappa shape index (κ1) is 19.1. The zero-order valence-electron chi connectivity index (χ0n) is 14.0. The van der Waals surface area contributed by atoms with Crippen molar-refractivity contribution in [2.75, 3.05) is 0 Å². The first-order valence-electron chi connectivity index (χ1n) is 7.52. The third kappa shape index (κ3) is 5.11. The number of carbonyl (C=O) groups excluding carboxylic acids is 1. The number of hydrogen-bond acceptors (Lipinski definition) is 4. The van der Waals surface area contributed by atoms with Gasteiger partial charge in [-0.15, -0.1) is 0 Å². The molecule has 0 aliphatic carbocycles. The van der Waals surface area contributed by atoms with E-state index in [9.17, 15) is 9.90 Å². The van der Waals surface area contributed by atoms with Gasteiger partial charge in [0.25, 0.3) is 5.91 Å². The van der Waals surface area contributed by atoms with Crippen molar-refractivity contribution < 1.29 is 14.6 Å². The number of hydrazone groups is 1. The topological polar surface area (TPSA) is 70.9 Å². The fourth-order valence-corrected chi connectivity index (χ4v) is 2.49. The number of aryl methyl sites for hydroxylation is 2. The molecule has 25 heavy (non-hydrogen) atoms. The molecular formula is C18H18Cl2N2O3. The van der Waals surface area contributed by atoms with Crippen LogP contribution >= 0.6 is 23.2 Å². The molecule has 0 spiro atoms. The summed E-state index contributed by atoms with van der Waals surface area (Å²) in [5.74, 6) is 0.0135. The summed E-state index contributed by atoms with van der Waals surface area (Å²) in [6.07, 6.45) is 0.518. The molecule has 0 saturated carbocycles. The number of carbonyl (C=O) groups is 1. The molecule has 1 amide bonds. The molecule has 2 N–H and O–H groups in total. The Bertz CT molecular complexity index is 822. The zero-order chi connectivity index (χ0) is 18.6. The van der Waals surface area contributed by atoms with Crippen molar-refractivity contribution in [2.24, 2.45) is 5.10 Å². The number of ether oxygens (including phenoxy) is 1. The van der Waals surface area contributed by atoms with Crippen LogP contribution in [-0.4, -0.2) is 23.3 Å². The van der Waals surface area contributed by atoms with Crippen LogP contribution in [-0.2, 0) is 4.79 Å². The number of halogens is 2. The fraction of sp³-hybridized carbons (Fsp3) is 0.222. The summed E-state index contributed by atoms with van der Waals surface area (Å²) in [5, 5.41) is 14.1. The molecule has 7 heteroatoms. The number of phenolic OH excluding ortho intramolecular Hbond substituents is 1. The molecule has 1 unspecified atom stereocenters. The summed E-state index contributed by atoms with van der Waals surface area (Å²) in [6.45, 7) is 5.59. The van der Waals surface area contributed by atoms with Crippen molar-refractivity contribution >= 4 is 35.3 Å². The molecule has 132 valence electrons. The molecular weight excluding hydrogens is 363 g/mol. The standard InChI is InChI=1S/C18H18Cl2N2O3/c1-10-4-5-15(6-11(10)2)25-12(3)18(24)22-21-9-13-7-14(19)8-16(20)17(13)23/h4-9,12,23H,1-3H3,(H,22,24)/b21-9+. The van der Waals surface area contributed by atoms with Gasteiger partial charge in [0.2, 0.25) is 0 Å². The van der Waals surface area contributed by atoms with Gasteiger partial charge in [-0.05, 0) is 56.2 Å². The third-order valence-corrected chi connectivity index (χ3v) is 4.10. The molecule has 0 heterocycles. The molecule has 0 aliphatic rings. The molecule has 2 rings (SSSR count). The highest BCUT2D eigenvalue weighted by Gasteiger charge is 2.14. The van der Waals surface area contributed by atoms with Gasteiger partial charge >= 0.3 is 0 Å². The lowest BCUT2D eigenvalue weighted by atomic mass is 10.1. The van der Waals surface area contributed by atoms with Crippen LogP contribution in [0.25, 0.3) is 0 Å². The van der Waals surface area contributed by atoms with Crippen LogP contribution in [0.4, 0.5) is 0 Å². The normalized spacial score (nSPS) is 12.2. The van der Waals surface area contributed by atoms with E-state index in [2.05, 4.69) is 10.5 Å². The van der Waals surface area contributed by atoms with E-state index in [4.69, 9.17) is 27.9 Å². The van der Waals surface area contributed by atoms with Gasteiger partial charge in [0.15, 0.2) is 6.10 Å². The van der Waals surface area contributed by atoms with Crippen LogP contribution in [0.1, 0.15) is 23.6 Å². The van der Waals surface area contributed by atoms with Crippen LogP contribution in [0.3, 0.4) is 0 Å². The Morgan fingerprint density at radius 2 is 1.96 bits per heavy atom. The second-order valence-electron chi connectivity index (χ2n) is 5.57. The molecule has 2 aromatic rings. The van der Waals surface area contributed by atoms with Crippen molar-refractivity contribution in [3.8, 4) is 11.5 Å². The van der Waals surface area contributed by atoms with Crippen molar-refractivity contribution in [3.63, 3.8) is 0 Å². The van der Waals surface area contributed by atoms with Crippen molar-refractivity contribution in [2.45, 2.75) is 26.9 Å². The van der Waals surface area contributed by atoms with Gasteiger partial charge in [0, 0.05) is 10.6 Å². The molecule has 2 aromatic carbocycles. The predicted octanol–water partition coefficient (Wildman–Crippen LogP) is 4.23. The van der Waals surface area contributed by atoms with Crippen molar-refractivity contribution in [3.05, 3.63) is 57.1 Å². The SMILES string of the molecule is Cc1ccc(OC(C)C(=O)N/N=C/c2cc(Cl)cc(Cl)c2O)cc1C.